The predicted octanol–water partition coefficient (Wildman–Crippen LogP) is -0.664. The van der Waals surface area contributed by atoms with Crippen molar-refractivity contribution in [3.63, 3.8) is 0 Å². The van der Waals surface area contributed by atoms with Crippen LogP contribution in [-0.4, -0.2) is 55.3 Å². The van der Waals surface area contributed by atoms with Crippen molar-refractivity contribution in [3.05, 3.63) is 12.2 Å². The number of aliphatic hydroxyl groups is 2. The Morgan fingerprint density at radius 1 is 1.43 bits per heavy atom. The van der Waals surface area contributed by atoms with Crippen LogP contribution in [0.4, 0.5) is 0 Å². The van der Waals surface area contributed by atoms with E-state index in [9.17, 15) is 23.4 Å². The molecule has 2 saturated carbocycles. The molecule has 2 aliphatic carbocycles. The minimum absolute atomic E-state index is 0.150. The van der Waals surface area contributed by atoms with Crippen molar-refractivity contribution >= 4 is 16.1 Å². The molecule has 1 aliphatic heterocycles. The van der Waals surface area contributed by atoms with Crippen molar-refractivity contribution in [1.29, 1.82) is 0 Å². The molecule has 3 fully saturated rings. The molecule has 0 aromatic carbocycles. The zero-order chi connectivity index (χ0) is 15.6. The number of rotatable bonds is 4. The van der Waals surface area contributed by atoms with Crippen LogP contribution in [0.15, 0.2) is 12.2 Å². The van der Waals surface area contributed by atoms with E-state index in [1.807, 2.05) is 0 Å². The molecule has 0 aromatic heterocycles. The van der Waals surface area contributed by atoms with E-state index in [0.717, 1.165) is 0 Å². The first-order valence-corrected chi connectivity index (χ1v) is 8.20. The summed E-state index contributed by atoms with van der Waals surface area (Å²) in [5, 5.41) is 18.4. The Balaban J connectivity index is 2.07. The van der Waals surface area contributed by atoms with Gasteiger partial charge in [-0.15, -0.1) is 0 Å². The molecule has 21 heavy (non-hydrogen) atoms. The zero-order valence-electron chi connectivity index (χ0n) is 11.6. The first-order chi connectivity index (χ1) is 9.72. The molecular formula is C13H18O7S. The van der Waals surface area contributed by atoms with Gasteiger partial charge in [0.05, 0.1) is 19.3 Å². The number of fused-ring (bicyclic) bond motifs is 1. The standard InChI is InChI=1S/C13H18O7S/c1-7(2)11(16)19-9-10-13(6-15)4-12(9,5-14)3-8(13)20-21(10,17)18/h8-10,14-15H,1,3-6H2,2H3. The Labute approximate surface area is 122 Å². The lowest BCUT2D eigenvalue weighted by Gasteiger charge is -2.36. The van der Waals surface area contributed by atoms with Crippen molar-refractivity contribution in [2.45, 2.75) is 37.2 Å². The maximum Gasteiger partial charge on any atom is 0.333 e. The minimum Gasteiger partial charge on any atom is -0.457 e. The second-order valence-corrected chi connectivity index (χ2v) is 8.08. The van der Waals surface area contributed by atoms with Crippen molar-refractivity contribution < 1.29 is 32.3 Å². The number of hydrogen-bond acceptors (Lipinski definition) is 7. The molecule has 5 atom stereocenters. The summed E-state index contributed by atoms with van der Waals surface area (Å²) in [6.07, 6.45) is -1.18. The summed E-state index contributed by atoms with van der Waals surface area (Å²) in [5.74, 6) is -0.702. The second kappa shape index (κ2) is 4.28. The molecule has 0 radical (unpaired) electrons. The highest BCUT2D eigenvalue weighted by molar-refractivity contribution is 7.87. The maximum atomic E-state index is 12.2. The molecule has 3 aliphatic rings. The number of carbonyl (C=O) groups excluding carboxylic acids is 1. The normalized spacial score (nSPS) is 45.8. The van der Waals surface area contributed by atoms with E-state index < -0.39 is 44.4 Å². The van der Waals surface area contributed by atoms with E-state index in [2.05, 4.69) is 6.58 Å². The Kier molecular flexibility index (Phi) is 3.05. The number of ether oxygens (including phenoxy) is 1. The summed E-state index contributed by atoms with van der Waals surface area (Å²) in [4.78, 5) is 11.8. The summed E-state index contributed by atoms with van der Waals surface area (Å²) in [7, 11) is -3.95. The van der Waals surface area contributed by atoms with Crippen LogP contribution in [0.1, 0.15) is 19.8 Å². The molecule has 8 heteroatoms. The fourth-order valence-corrected chi connectivity index (χ4v) is 6.42. The lowest BCUT2D eigenvalue weighted by Crippen LogP contribution is -2.51. The molecule has 1 heterocycles. The lowest BCUT2D eigenvalue weighted by atomic mass is 9.78. The highest BCUT2D eigenvalue weighted by Crippen LogP contribution is 2.68. The van der Waals surface area contributed by atoms with Gasteiger partial charge in [-0.1, -0.05) is 6.58 Å². The van der Waals surface area contributed by atoms with Gasteiger partial charge in [-0.3, -0.25) is 4.18 Å². The van der Waals surface area contributed by atoms with Crippen LogP contribution in [0.3, 0.4) is 0 Å². The van der Waals surface area contributed by atoms with Crippen molar-refractivity contribution in [1.82, 2.24) is 0 Å². The van der Waals surface area contributed by atoms with E-state index in [1.54, 1.807) is 0 Å². The highest BCUT2D eigenvalue weighted by atomic mass is 32.2. The van der Waals surface area contributed by atoms with E-state index >= 15 is 0 Å². The summed E-state index contributed by atoms with van der Waals surface area (Å²) in [6.45, 7) is 4.23. The molecule has 0 aromatic rings. The molecule has 2 bridgehead atoms. The molecule has 3 rings (SSSR count). The van der Waals surface area contributed by atoms with Gasteiger partial charge in [0.25, 0.3) is 10.1 Å². The van der Waals surface area contributed by atoms with Crippen LogP contribution in [-0.2, 0) is 23.8 Å². The van der Waals surface area contributed by atoms with Crippen LogP contribution in [0.2, 0.25) is 0 Å². The third-order valence-corrected chi connectivity index (χ3v) is 6.95. The van der Waals surface area contributed by atoms with Crippen LogP contribution in [0.25, 0.3) is 0 Å². The molecule has 0 amide bonds. The van der Waals surface area contributed by atoms with Gasteiger partial charge in [-0.2, -0.15) is 8.42 Å². The predicted molar refractivity (Wildman–Crippen MR) is 70.5 cm³/mol. The van der Waals surface area contributed by atoms with Gasteiger partial charge < -0.3 is 14.9 Å². The first kappa shape index (κ1) is 15.0. The number of aliphatic hydroxyl groups excluding tert-OH is 2. The number of esters is 1. The minimum atomic E-state index is -3.95. The fourth-order valence-electron chi connectivity index (χ4n) is 4.19. The zero-order valence-corrected chi connectivity index (χ0v) is 12.4. The van der Waals surface area contributed by atoms with Gasteiger partial charge in [-0.25, -0.2) is 4.79 Å². The summed E-state index contributed by atoms with van der Waals surface area (Å²) in [6, 6.07) is 0. The van der Waals surface area contributed by atoms with E-state index in [1.165, 1.54) is 6.92 Å². The Hall–Kier alpha value is -0.960. The Morgan fingerprint density at radius 3 is 2.62 bits per heavy atom. The highest BCUT2D eigenvalue weighted by Gasteiger charge is 2.79. The second-order valence-electron chi connectivity index (χ2n) is 6.40. The van der Waals surface area contributed by atoms with Crippen LogP contribution >= 0.6 is 0 Å². The molecule has 5 unspecified atom stereocenters. The first-order valence-electron chi connectivity index (χ1n) is 6.73. The Morgan fingerprint density at radius 2 is 2.10 bits per heavy atom. The summed E-state index contributed by atoms with van der Waals surface area (Å²) in [5.41, 5.74) is -1.73. The molecule has 0 spiro atoms. The third-order valence-electron chi connectivity index (χ3n) is 5.11. The largest absolute Gasteiger partial charge is 0.457 e. The van der Waals surface area contributed by atoms with Crippen molar-refractivity contribution in [2.24, 2.45) is 10.8 Å². The quantitative estimate of drug-likeness (QED) is 0.402. The van der Waals surface area contributed by atoms with Gasteiger partial charge in [0, 0.05) is 16.4 Å². The van der Waals surface area contributed by atoms with Crippen molar-refractivity contribution in [2.75, 3.05) is 13.2 Å². The Bertz CT molecular complexity index is 612. The number of hydrogen-bond donors (Lipinski definition) is 2. The fraction of sp³-hybridized carbons (Fsp3) is 0.769. The van der Waals surface area contributed by atoms with Gasteiger partial charge in [0.15, 0.2) is 0 Å². The van der Waals surface area contributed by atoms with E-state index in [4.69, 9.17) is 8.92 Å². The molecule has 1 saturated heterocycles. The van der Waals surface area contributed by atoms with Crippen LogP contribution in [0, 0.1) is 10.8 Å². The van der Waals surface area contributed by atoms with Gasteiger partial charge in [0.1, 0.15) is 11.4 Å². The van der Waals surface area contributed by atoms with Gasteiger partial charge >= 0.3 is 5.97 Å². The van der Waals surface area contributed by atoms with Crippen LogP contribution in [0.5, 0.6) is 0 Å². The molecule has 7 nitrogen and oxygen atoms in total. The summed E-state index contributed by atoms with van der Waals surface area (Å²) < 4.78 is 34.9. The topological polar surface area (TPSA) is 110 Å². The molecule has 2 N–H and O–H groups in total. The average Bonchev–Trinajstić information content (AvgIpc) is 2.91. The summed E-state index contributed by atoms with van der Waals surface area (Å²) >= 11 is 0. The van der Waals surface area contributed by atoms with Gasteiger partial charge in [-0.05, 0) is 19.8 Å². The van der Waals surface area contributed by atoms with Crippen LogP contribution < -0.4 is 0 Å². The molecule has 118 valence electrons. The lowest BCUT2D eigenvalue weighted by molar-refractivity contribution is -0.153. The van der Waals surface area contributed by atoms with E-state index in [-0.39, 0.29) is 31.6 Å². The van der Waals surface area contributed by atoms with Gasteiger partial charge in [0.2, 0.25) is 0 Å². The number of carbonyl (C=O) groups is 1. The average molecular weight is 318 g/mol. The molecular weight excluding hydrogens is 300 g/mol. The monoisotopic (exact) mass is 318 g/mol. The third kappa shape index (κ3) is 1.70. The smallest absolute Gasteiger partial charge is 0.333 e. The van der Waals surface area contributed by atoms with E-state index in [0.29, 0.717) is 0 Å². The van der Waals surface area contributed by atoms with Crippen molar-refractivity contribution in [3.8, 4) is 0 Å². The SMILES string of the molecule is C=C(C)C(=O)OC1C2C3(CO)CC1(CO)CC3OS2(=O)=O. The maximum absolute atomic E-state index is 12.2.